The maximum absolute atomic E-state index is 12.1. The minimum absolute atomic E-state index is 0. The summed E-state index contributed by atoms with van der Waals surface area (Å²) < 4.78 is 10.9. The Kier molecular flexibility index (Phi) is 9.33. The zero-order valence-corrected chi connectivity index (χ0v) is 14.5. The highest BCUT2D eigenvalue weighted by molar-refractivity contribution is 5.85. The molecule has 1 amide bonds. The van der Waals surface area contributed by atoms with Crippen LogP contribution in [0.15, 0.2) is 0 Å². The number of carbonyl (C=O) groups excluding carboxylic acids is 1. The van der Waals surface area contributed by atoms with Crippen LogP contribution in [-0.2, 0) is 14.3 Å². The molecule has 0 aromatic heterocycles. The number of amides is 1. The fourth-order valence-corrected chi connectivity index (χ4v) is 3.41. The van der Waals surface area contributed by atoms with Crippen LogP contribution in [0, 0.1) is 5.41 Å². The average Bonchev–Trinajstić information content (AvgIpc) is 2.96. The predicted molar refractivity (Wildman–Crippen MR) is 89.5 cm³/mol. The van der Waals surface area contributed by atoms with E-state index in [2.05, 4.69) is 10.6 Å². The highest BCUT2D eigenvalue weighted by atomic mass is 35.5. The summed E-state index contributed by atoms with van der Waals surface area (Å²) in [6.07, 6.45) is 6.56. The molecule has 0 bridgehead atoms. The van der Waals surface area contributed by atoms with Gasteiger partial charge in [-0.05, 0) is 31.6 Å². The Balaban J connectivity index is 0.00000242. The van der Waals surface area contributed by atoms with Crippen LogP contribution in [0.4, 0.5) is 0 Å². The van der Waals surface area contributed by atoms with Crippen LogP contribution >= 0.6 is 12.4 Å². The van der Waals surface area contributed by atoms with Crippen LogP contribution in [-0.4, -0.2) is 51.5 Å². The molecular formula is C16H31ClN2O3. The molecule has 2 fully saturated rings. The van der Waals surface area contributed by atoms with Gasteiger partial charge in [0.25, 0.3) is 0 Å². The van der Waals surface area contributed by atoms with Gasteiger partial charge in [-0.15, -0.1) is 12.4 Å². The molecule has 1 aliphatic carbocycles. The van der Waals surface area contributed by atoms with E-state index in [0.29, 0.717) is 13.0 Å². The van der Waals surface area contributed by atoms with Gasteiger partial charge >= 0.3 is 0 Å². The van der Waals surface area contributed by atoms with E-state index in [1.54, 1.807) is 0 Å². The van der Waals surface area contributed by atoms with Crippen LogP contribution in [0.2, 0.25) is 0 Å². The number of halogens is 1. The number of nitrogens with one attached hydrogen (secondary N) is 2. The van der Waals surface area contributed by atoms with Gasteiger partial charge in [0, 0.05) is 38.8 Å². The van der Waals surface area contributed by atoms with Crippen molar-refractivity contribution in [1.82, 2.24) is 10.6 Å². The van der Waals surface area contributed by atoms with E-state index in [4.69, 9.17) is 9.47 Å². The van der Waals surface area contributed by atoms with Crippen molar-refractivity contribution >= 4 is 18.3 Å². The normalized spacial score (nSPS) is 23.8. The monoisotopic (exact) mass is 334 g/mol. The molecule has 0 spiro atoms. The molecule has 0 aromatic rings. The lowest BCUT2D eigenvalue weighted by atomic mass is 9.83. The van der Waals surface area contributed by atoms with Gasteiger partial charge in [0.2, 0.25) is 5.91 Å². The molecule has 5 nitrogen and oxygen atoms in total. The van der Waals surface area contributed by atoms with Crippen molar-refractivity contribution in [2.45, 2.75) is 51.5 Å². The largest absolute Gasteiger partial charge is 0.382 e. The van der Waals surface area contributed by atoms with Gasteiger partial charge in [0.05, 0.1) is 13.2 Å². The molecule has 1 unspecified atom stereocenters. The van der Waals surface area contributed by atoms with E-state index in [1.807, 2.05) is 6.92 Å². The average molecular weight is 335 g/mol. The predicted octanol–water partition coefficient (Wildman–Crippen LogP) is 1.89. The maximum Gasteiger partial charge on any atom is 0.221 e. The van der Waals surface area contributed by atoms with Crippen molar-refractivity contribution in [3.8, 4) is 0 Å². The first-order valence-electron chi connectivity index (χ1n) is 8.40. The highest BCUT2D eigenvalue weighted by Gasteiger charge is 2.34. The Morgan fingerprint density at radius 2 is 2.18 bits per heavy atom. The molecule has 0 radical (unpaired) electrons. The molecule has 0 aromatic carbocycles. The smallest absolute Gasteiger partial charge is 0.221 e. The first-order chi connectivity index (χ1) is 10.2. The minimum Gasteiger partial charge on any atom is -0.382 e. The van der Waals surface area contributed by atoms with Crippen LogP contribution in [0.1, 0.15) is 45.4 Å². The third-order valence-corrected chi connectivity index (χ3v) is 4.74. The number of rotatable bonds is 8. The van der Waals surface area contributed by atoms with Gasteiger partial charge in [0.1, 0.15) is 0 Å². The summed E-state index contributed by atoms with van der Waals surface area (Å²) in [4.78, 5) is 12.1. The zero-order chi connectivity index (χ0) is 15.0. The van der Waals surface area contributed by atoms with E-state index < -0.39 is 0 Å². The summed E-state index contributed by atoms with van der Waals surface area (Å²) in [5.41, 5.74) is 0.265. The summed E-state index contributed by atoms with van der Waals surface area (Å²) in [6.45, 7) is 6.65. The molecule has 130 valence electrons. The number of ether oxygens (including phenoxy) is 2. The van der Waals surface area contributed by atoms with Crippen molar-refractivity contribution in [3.63, 3.8) is 0 Å². The molecule has 1 saturated carbocycles. The lowest BCUT2D eigenvalue weighted by molar-refractivity contribution is -0.122. The van der Waals surface area contributed by atoms with Crippen molar-refractivity contribution in [2.75, 3.05) is 39.5 Å². The first-order valence-corrected chi connectivity index (χ1v) is 8.40. The quantitative estimate of drug-likeness (QED) is 0.665. The Morgan fingerprint density at radius 1 is 1.41 bits per heavy atom. The molecule has 1 aliphatic heterocycles. The van der Waals surface area contributed by atoms with Gasteiger partial charge in [0.15, 0.2) is 0 Å². The van der Waals surface area contributed by atoms with Gasteiger partial charge < -0.3 is 20.1 Å². The van der Waals surface area contributed by atoms with E-state index in [9.17, 15) is 4.79 Å². The van der Waals surface area contributed by atoms with Crippen molar-refractivity contribution in [1.29, 1.82) is 0 Å². The first kappa shape index (κ1) is 19.7. The molecule has 1 saturated heterocycles. The molecule has 1 atom stereocenters. The van der Waals surface area contributed by atoms with E-state index in [0.717, 1.165) is 39.3 Å². The third kappa shape index (κ3) is 6.41. The Labute approximate surface area is 140 Å². The summed E-state index contributed by atoms with van der Waals surface area (Å²) in [6, 6.07) is 0.168. The van der Waals surface area contributed by atoms with Gasteiger partial charge in [-0.3, -0.25) is 4.79 Å². The van der Waals surface area contributed by atoms with Gasteiger partial charge in [-0.2, -0.15) is 0 Å². The number of morpholine rings is 1. The Morgan fingerprint density at radius 3 is 2.82 bits per heavy atom. The number of hydrogen-bond donors (Lipinski definition) is 2. The van der Waals surface area contributed by atoms with Gasteiger partial charge in [-0.25, -0.2) is 0 Å². The minimum atomic E-state index is 0. The van der Waals surface area contributed by atoms with E-state index >= 15 is 0 Å². The van der Waals surface area contributed by atoms with Crippen LogP contribution in [0.25, 0.3) is 0 Å². The zero-order valence-electron chi connectivity index (χ0n) is 13.7. The van der Waals surface area contributed by atoms with E-state index in [1.165, 1.54) is 25.7 Å². The second-order valence-electron chi connectivity index (χ2n) is 6.36. The summed E-state index contributed by atoms with van der Waals surface area (Å²) in [7, 11) is 0. The second kappa shape index (κ2) is 10.4. The fraction of sp³-hybridized carbons (Fsp3) is 0.938. The molecule has 2 N–H and O–H groups in total. The second-order valence-corrected chi connectivity index (χ2v) is 6.36. The number of hydrogen-bond acceptors (Lipinski definition) is 4. The molecule has 22 heavy (non-hydrogen) atoms. The van der Waals surface area contributed by atoms with Crippen molar-refractivity contribution in [3.05, 3.63) is 0 Å². The van der Waals surface area contributed by atoms with Crippen LogP contribution < -0.4 is 10.6 Å². The molecule has 2 aliphatic rings. The number of carbonyl (C=O) groups is 1. The van der Waals surface area contributed by atoms with Gasteiger partial charge in [-0.1, -0.05) is 12.8 Å². The molecular weight excluding hydrogens is 304 g/mol. The summed E-state index contributed by atoms with van der Waals surface area (Å²) in [5.74, 6) is 0.140. The molecule has 2 rings (SSSR count). The van der Waals surface area contributed by atoms with Crippen molar-refractivity contribution < 1.29 is 14.3 Å². The van der Waals surface area contributed by atoms with Crippen LogP contribution in [0.5, 0.6) is 0 Å². The van der Waals surface area contributed by atoms with E-state index in [-0.39, 0.29) is 29.8 Å². The maximum atomic E-state index is 12.1. The molecule has 1 heterocycles. The van der Waals surface area contributed by atoms with Crippen molar-refractivity contribution in [2.24, 2.45) is 5.41 Å². The summed E-state index contributed by atoms with van der Waals surface area (Å²) in [5, 5.41) is 6.47. The lowest BCUT2D eigenvalue weighted by Gasteiger charge is -2.30. The SMILES string of the molecule is CCOCCC1(CNC(=O)CC2COCCN2)CCCC1.Cl. The highest BCUT2D eigenvalue weighted by Crippen LogP contribution is 2.40. The molecule has 6 heteroatoms. The lowest BCUT2D eigenvalue weighted by Crippen LogP contribution is -2.45. The topological polar surface area (TPSA) is 59.6 Å². The Bertz CT molecular complexity index is 317. The van der Waals surface area contributed by atoms with Crippen LogP contribution in [0.3, 0.4) is 0 Å². The standard InChI is InChI=1S/C16H30N2O3.ClH/c1-2-20-9-7-16(5-3-4-6-16)13-18-15(19)11-14-12-21-10-8-17-14;/h14,17H,2-13H2,1H3,(H,18,19);1H. The Hall–Kier alpha value is -0.360. The fourth-order valence-electron chi connectivity index (χ4n) is 3.41. The third-order valence-electron chi connectivity index (χ3n) is 4.74. The summed E-state index contributed by atoms with van der Waals surface area (Å²) >= 11 is 0.